The van der Waals surface area contributed by atoms with E-state index in [1.54, 1.807) is 48.5 Å². The van der Waals surface area contributed by atoms with Crippen molar-refractivity contribution in [1.82, 2.24) is 0 Å². The molecule has 0 aromatic heterocycles. The van der Waals surface area contributed by atoms with Crippen molar-refractivity contribution in [1.29, 1.82) is 10.5 Å². The average Bonchev–Trinajstić information content (AvgIpc) is 2.58. The molecule has 0 spiro atoms. The van der Waals surface area contributed by atoms with Crippen LogP contribution in [0, 0.1) is 22.7 Å². The van der Waals surface area contributed by atoms with E-state index < -0.39 is 5.91 Å². The van der Waals surface area contributed by atoms with Gasteiger partial charge in [0.1, 0.15) is 17.7 Å². The van der Waals surface area contributed by atoms with Crippen LogP contribution in [0.15, 0.2) is 64.8 Å². The number of benzene rings is 2. The number of nitrogens with one attached hydrogen (secondary N) is 2. The first-order valence-corrected chi connectivity index (χ1v) is 7.36. The van der Waals surface area contributed by atoms with Gasteiger partial charge in [-0.05, 0) is 36.4 Å². The zero-order valence-electron chi connectivity index (χ0n) is 11.9. The Morgan fingerprint density at radius 1 is 1.09 bits per heavy atom. The van der Waals surface area contributed by atoms with Crippen LogP contribution in [0.25, 0.3) is 0 Å². The third-order valence-corrected chi connectivity index (χ3v) is 3.42. The summed E-state index contributed by atoms with van der Waals surface area (Å²) < 4.78 is 0.890. The van der Waals surface area contributed by atoms with Gasteiger partial charge >= 0.3 is 0 Å². The number of amides is 1. The van der Waals surface area contributed by atoms with Crippen LogP contribution in [-0.4, -0.2) is 5.91 Å². The minimum atomic E-state index is -0.531. The Kier molecular flexibility index (Phi) is 5.51. The summed E-state index contributed by atoms with van der Waals surface area (Å²) in [6.07, 6.45) is 1.28. The quantitative estimate of drug-likeness (QED) is 0.636. The van der Waals surface area contributed by atoms with Crippen LogP contribution in [0.2, 0.25) is 0 Å². The van der Waals surface area contributed by atoms with E-state index in [1.807, 2.05) is 12.1 Å². The van der Waals surface area contributed by atoms with Crippen molar-refractivity contribution in [2.24, 2.45) is 0 Å². The van der Waals surface area contributed by atoms with Crippen molar-refractivity contribution in [3.63, 3.8) is 0 Å². The molecular weight excluding hydrogens is 356 g/mol. The van der Waals surface area contributed by atoms with E-state index in [4.69, 9.17) is 10.5 Å². The topological polar surface area (TPSA) is 88.7 Å². The molecule has 0 atom stereocenters. The van der Waals surface area contributed by atoms with Crippen molar-refractivity contribution >= 4 is 33.2 Å². The molecule has 0 heterocycles. The van der Waals surface area contributed by atoms with Gasteiger partial charge in [0.15, 0.2) is 0 Å². The predicted octanol–water partition coefficient (Wildman–Crippen LogP) is 3.78. The first-order valence-electron chi connectivity index (χ1n) is 6.57. The van der Waals surface area contributed by atoms with Gasteiger partial charge in [-0.3, -0.25) is 4.79 Å². The summed E-state index contributed by atoms with van der Waals surface area (Å²) in [4.78, 5) is 12.1. The van der Waals surface area contributed by atoms with Gasteiger partial charge in [0.05, 0.1) is 11.3 Å². The molecule has 2 aromatic rings. The van der Waals surface area contributed by atoms with E-state index in [0.29, 0.717) is 16.9 Å². The number of hydrogen-bond donors (Lipinski definition) is 2. The van der Waals surface area contributed by atoms with Crippen molar-refractivity contribution in [2.75, 3.05) is 10.6 Å². The number of hydrogen-bond acceptors (Lipinski definition) is 4. The minimum Gasteiger partial charge on any atom is -0.359 e. The Morgan fingerprint density at radius 3 is 2.43 bits per heavy atom. The Hall–Kier alpha value is -3.09. The molecule has 112 valence electrons. The molecule has 0 radical (unpaired) electrons. The van der Waals surface area contributed by atoms with Crippen molar-refractivity contribution in [2.45, 2.75) is 0 Å². The zero-order valence-corrected chi connectivity index (χ0v) is 13.5. The summed E-state index contributed by atoms with van der Waals surface area (Å²) in [6, 6.07) is 17.7. The lowest BCUT2D eigenvalue weighted by molar-refractivity contribution is -0.112. The van der Waals surface area contributed by atoms with Gasteiger partial charge in [-0.2, -0.15) is 10.5 Å². The molecule has 0 unspecified atom stereocenters. The number of para-hydroxylation sites is 1. The monoisotopic (exact) mass is 366 g/mol. The normalized spacial score (nSPS) is 10.3. The minimum absolute atomic E-state index is 0.0966. The number of nitriles is 2. The lowest BCUT2D eigenvalue weighted by Gasteiger charge is -2.06. The van der Waals surface area contributed by atoms with Crippen LogP contribution in [0.5, 0.6) is 0 Å². The number of nitrogens with zero attached hydrogens (tertiary/aromatic N) is 2. The molecule has 0 aliphatic heterocycles. The molecule has 0 fully saturated rings. The van der Waals surface area contributed by atoms with Crippen LogP contribution < -0.4 is 10.6 Å². The van der Waals surface area contributed by atoms with E-state index >= 15 is 0 Å². The van der Waals surface area contributed by atoms with Crippen LogP contribution in [0.3, 0.4) is 0 Å². The fourth-order valence-electron chi connectivity index (χ4n) is 1.74. The predicted molar refractivity (Wildman–Crippen MR) is 91.2 cm³/mol. The van der Waals surface area contributed by atoms with Gasteiger partial charge in [-0.25, -0.2) is 0 Å². The maximum Gasteiger partial charge on any atom is 0.267 e. The molecule has 2 rings (SSSR count). The van der Waals surface area contributed by atoms with Gasteiger partial charge in [0, 0.05) is 16.4 Å². The molecule has 6 heteroatoms. The fraction of sp³-hybridized carbons (Fsp3) is 0. The molecule has 2 N–H and O–H groups in total. The van der Waals surface area contributed by atoms with Crippen LogP contribution >= 0.6 is 15.9 Å². The van der Waals surface area contributed by atoms with Crippen LogP contribution in [-0.2, 0) is 4.79 Å². The highest BCUT2D eigenvalue weighted by Crippen LogP contribution is 2.16. The highest BCUT2D eigenvalue weighted by Gasteiger charge is 2.09. The van der Waals surface area contributed by atoms with Crippen molar-refractivity contribution in [3.8, 4) is 12.1 Å². The second-order valence-corrected chi connectivity index (χ2v) is 5.35. The number of anilines is 2. The highest BCUT2D eigenvalue weighted by atomic mass is 79.9. The van der Waals surface area contributed by atoms with Gasteiger partial charge in [-0.15, -0.1) is 0 Å². The van der Waals surface area contributed by atoms with E-state index in [9.17, 15) is 4.79 Å². The average molecular weight is 367 g/mol. The molecule has 0 saturated heterocycles. The van der Waals surface area contributed by atoms with E-state index in [0.717, 1.165) is 4.47 Å². The second kappa shape index (κ2) is 7.79. The van der Waals surface area contributed by atoms with Gasteiger partial charge < -0.3 is 10.6 Å². The summed E-state index contributed by atoms with van der Waals surface area (Å²) in [5.41, 5.74) is 1.44. The first kappa shape index (κ1) is 16.3. The Morgan fingerprint density at radius 2 is 1.78 bits per heavy atom. The molecule has 0 saturated carbocycles. The number of halogens is 1. The highest BCUT2D eigenvalue weighted by molar-refractivity contribution is 9.10. The molecule has 0 aliphatic carbocycles. The Balaban J connectivity index is 2.12. The van der Waals surface area contributed by atoms with Crippen LogP contribution in [0.1, 0.15) is 5.56 Å². The molecule has 23 heavy (non-hydrogen) atoms. The maximum absolute atomic E-state index is 12.1. The van der Waals surface area contributed by atoms with Crippen molar-refractivity contribution in [3.05, 3.63) is 70.3 Å². The first-order chi connectivity index (χ1) is 11.1. The van der Waals surface area contributed by atoms with Gasteiger partial charge in [-0.1, -0.05) is 28.1 Å². The summed E-state index contributed by atoms with van der Waals surface area (Å²) in [5, 5.41) is 23.6. The van der Waals surface area contributed by atoms with E-state index in [1.165, 1.54) is 6.20 Å². The van der Waals surface area contributed by atoms with Gasteiger partial charge in [0.25, 0.3) is 5.91 Å². The van der Waals surface area contributed by atoms with Gasteiger partial charge in [0.2, 0.25) is 0 Å². The molecule has 5 nitrogen and oxygen atoms in total. The van der Waals surface area contributed by atoms with E-state index in [-0.39, 0.29) is 5.57 Å². The smallest absolute Gasteiger partial charge is 0.267 e. The van der Waals surface area contributed by atoms with Crippen molar-refractivity contribution < 1.29 is 4.79 Å². The Labute approximate surface area is 142 Å². The summed E-state index contributed by atoms with van der Waals surface area (Å²) in [5.74, 6) is -0.531. The Bertz CT molecular complexity index is 829. The van der Waals surface area contributed by atoms with E-state index in [2.05, 4.69) is 26.6 Å². The summed E-state index contributed by atoms with van der Waals surface area (Å²) >= 11 is 3.31. The summed E-state index contributed by atoms with van der Waals surface area (Å²) in [7, 11) is 0. The van der Waals surface area contributed by atoms with Crippen LogP contribution in [0.4, 0.5) is 11.4 Å². The standard InChI is InChI=1S/C17H11BrN4O/c18-14-5-7-15(8-6-14)22-17(23)13(10-20)11-21-16-4-2-1-3-12(16)9-19/h1-8,11,21H,(H,22,23)/b13-11-. The number of rotatable bonds is 4. The number of carbonyl (C=O) groups excluding carboxylic acids is 1. The molecule has 1 amide bonds. The number of carbonyl (C=O) groups is 1. The summed E-state index contributed by atoms with van der Waals surface area (Å²) in [6.45, 7) is 0. The molecule has 0 aliphatic rings. The molecular formula is C17H11BrN4O. The maximum atomic E-state index is 12.1. The SMILES string of the molecule is N#C/C(=C/Nc1ccccc1C#N)C(=O)Nc1ccc(Br)cc1. The molecule has 2 aromatic carbocycles. The third-order valence-electron chi connectivity index (χ3n) is 2.89. The lowest BCUT2D eigenvalue weighted by Crippen LogP contribution is -2.14. The second-order valence-electron chi connectivity index (χ2n) is 4.43. The third kappa shape index (κ3) is 4.44. The zero-order chi connectivity index (χ0) is 16.7. The largest absolute Gasteiger partial charge is 0.359 e. The fourth-order valence-corrected chi connectivity index (χ4v) is 2.00. The lowest BCUT2D eigenvalue weighted by atomic mass is 10.2. The molecule has 0 bridgehead atoms.